The number of aliphatic carboxylic acids is 1. The van der Waals surface area contributed by atoms with E-state index in [1.807, 2.05) is 4.90 Å². The summed E-state index contributed by atoms with van der Waals surface area (Å²) < 4.78 is 0. The number of carboxylic acids is 1. The van der Waals surface area contributed by atoms with Crippen molar-refractivity contribution in [3.63, 3.8) is 0 Å². The second-order valence-corrected chi connectivity index (χ2v) is 7.19. The summed E-state index contributed by atoms with van der Waals surface area (Å²) in [4.78, 5) is 30.1. The molecule has 0 aliphatic carbocycles. The Balaban J connectivity index is 1.69. The maximum Gasteiger partial charge on any atom is 0.327 e. The molecule has 3 saturated heterocycles. The number of fused-ring (bicyclic) bond motifs is 1. The standard InChI is InChI=1S/C14H23N3O3S/c18-13(19)12-10-21-8-7-17(12)14(20)16-6-2-5-15-4-1-3-11(15)9-16/h11-12H,1-10H2,(H,18,19). The van der Waals surface area contributed by atoms with Gasteiger partial charge in [-0.15, -0.1) is 0 Å². The molecule has 3 aliphatic heterocycles. The van der Waals surface area contributed by atoms with Crippen molar-refractivity contribution < 1.29 is 14.7 Å². The van der Waals surface area contributed by atoms with Crippen LogP contribution in [0.15, 0.2) is 0 Å². The smallest absolute Gasteiger partial charge is 0.327 e. The van der Waals surface area contributed by atoms with Crippen LogP contribution in [0.5, 0.6) is 0 Å². The number of hydrogen-bond donors (Lipinski definition) is 1. The molecule has 1 N–H and O–H groups in total. The Morgan fingerprint density at radius 1 is 1.10 bits per heavy atom. The Bertz CT molecular complexity index is 420. The van der Waals surface area contributed by atoms with Crippen LogP contribution in [0.1, 0.15) is 19.3 Å². The van der Waals surface area contributed by atoms with Crippen LogP contribution in [0, 0.1) is 0 Å². The zero-order valence-electron chi connectivity index (χ0n) is 12.2. The van der Waals surface area contributed by atoms with Crippen LogP contribution < -0.4 is 0 Å². The second kappa shape index (κ2) is 6.44. The molecule has 21 heavy (non-hydrogen) atoms. The summed E-state index contributed by atoms with van der Waals surface area (Å²) in [6.07, 6.45) is 3.36. The van der Waals surface area contributed by atoms with Crippen LogP contribution in [0.4, 0.5) is 4.79 Å². The van der Waals surface area contributed by atoms with E-state index in [9.17, 15) is 14.7 Å². The molecule has 0 bridgehead atoms. The largest absolute Gasteiger partial charge is 0.480 e. The van der Waals surface area contributed by atoms with Crippen molar-refractivity contribution >= 4 is 23.8 Å². The fourth-order valence-electron chi connectivity index (χ4n) is 3.60. The molecule has 2 unspecified atom stereocenters. The number of thioether (sulfide) groups is 1. The van der Waals surface area contributed by atoms with E-state index in [-0.39, 0.29) is 6.03 Å². The zero-order chi connectivity index (χ0) is 14.8. The minimum Gasteiger partial charge on any atom is -0.480 e. The molecule has 118 valence electrons. The summed E-state index contributed by atoms with van der Waals surface area (Å²) in [7, 11) is 0. The van der Waals surface area contributed by atoms with Crippen LogP contribution in [0.25, 0.3) is 0 Å². The van der Waals surface area contributed by atoms with E-state index < -0.39 is 12.0 Å². The first kappa shape index (κ1) is 15.0. The molecule has 7 heteroatoms. The highest BCUT2D eigenvalue weighted by atomic mass is 32.2. The molecule has 0 aromatic carbocycles. The van der Waals surface area contributed by atoms with Crippen LogP contribution in [-0.4, -0.2) is 88.1 Å². The molecular formula is C14H23N3O3S. The van der Waals surface area contributed by atoms with Gasteiger partial charge in [-0.25, -0.2) is 9.59 Å². The lowest BCUT2D eigenvalue weighted by molar-refractivity contribution is -0.141. The lowest BCUT2D eigenvalue weighted by Crippen LogP contribution is -2.55. The van der Waals surface area contributed by atoms with Gasteiger partial charge in [0.15, 0.2) is 0 Å². The van der Waals surface area contributed by atoms with Gasteiger partial charge in [-0.3, -0.25) is 4.90 Å². The lowest BCUT2D eigenvalue weighted by atomic mass is 10.2. The van der Waals surface area contributed by atoms with Crippen LogP contribution >= 0.6 is 11.8 Å². The summed E-state index contributed by atoms with van der Waals surface area (Å²) in [5, 5.41) is 9.33. The van der Waals surface area contributed by atoms with Crippen molar-refractivity contribution in [2.24, 2.45) is 0 Å². The van der Waals surface area contributed by atoms with E-state index in [0.29, 0.717) is 18.3 Å². The third-order valence-electron chi connectivity index (χ3n) is 4.73. The first-order valence-electron chi connectivity index (χ1n) is 7.77. The minimum atomic E-state index is -0.882. The van der Waals surface area contributed by atoms with Gasteiger partial charge < -0.3 is 14.9 Å². The number of hydrogen-bond acceptors (Lipinski definition) is 4. The zero-order valence-corrected chi connectivity index (χ0v) is 13.1. The Labute approximate surface area is 129 Å². The van der Waals surface area contributed by atoms with Crippen LogP contribution in [-0.2, 0) is 4.79 Å². The Morgan fingerprint density at radius 3 is 2.71 bits per heavy atom. The summed E-state index contributed by atoms with van der Waals surface area (Å²) in [5.41, 5.74) is 0. The summed E-state index contributed by atoms with van der Waals surface area (Å²) in [6, 6.07) is -0.269. The van der Waals surface area contributed by atoms with Gasteiger partial charge in [-0.1, -0.05) is 0 Å². The molecule has 0 saturated carbocycles. The topological polar surface area (TPSA) is 64.1 Å². The predicted molar refractivity (Wildman–Crippen MR) is 81.6 cm³/mol. The third kappa shape index (κ3) is 3.13. The van der Waals surface area contributed by atoms with Crippen molar-refractivity contribution in [2.75, 3.05) is 44.2 Å². The number of nitrogens with zero attached hydrogens (tertiary/aromatic N) is 3. The highest BCUT2D eigenvalue weighted by molar-refractivity contribution is 7.99. The number of urea groups is 1. The SMILES string of the molecule is O=C(O)C1CSCCN1C(=O)N1CCCN2CCCC2C1. The first-order chi connectivity index (χ1) is 10.2. The minimum absolute atomic E-state index is 0.0727. The van der Waals surface area contributed by atoms with E-state index in [1.54, 1.807) is 16.7 Å². The first-order valence-corrected chi connectivity index (χ1v) is 8.92. The quantitative estimate of drug-likeness (QED) is 0.775. The molecule has 3 fully saturated rings. The van der Waals surface area contributed by atoms with E-state index >= 15 is 0 Å². The molecule has 3 heterocycles. The summed E-state index contributed by atoms with van der Waals surface area (Å²) in [6.45, 7) is 4.26. The fraction of sp³-hybridized carbons (Fsp3) is 0.857. The highest BCUT2D eigenvalue weighted by Crippen LogP contribution is 2.24. The van der Waals surface area contributed by atoms with Gasteiger partial charge in [0.25, 0.3) is 0 Å². The predicted octanol–water partition coefficient (Wildman–Crippen LogP) is 0.779. The normalized spacial score (nSPS) is 30.9. The average Bonchev–Trinajstić information content (AvgIpc) is 2.83. The van der Waals surface area contributed by atoms with Gasteiger partial charge in [0.1, 0.15) is 6.04 Å². The second-order valence-electron chi connectivity index (χ2n) is 6.04. The van der Waals surface area contributed by atoms with Gasteiger partial charge >= 0.3 is 12.0 Å². The molecule has 2 amide bonds. The van der Waals surface area contributed by atoms with Crippen molar-refractivity contribution in [3.8, 4) is 0 Å². The maximum absolute atomic E-state index is 12.8. The lowest BCUT2D eigenvalue weighted by Gasteiger charge is -2.37. The molecule has 0 radical (unpaired) electrons. The van der Waals surface area contributed by atoms with Gasteiger partial charge in [0.05, 0.1) is 0 Å². The number of carbonyl (C=O) groups is 2. The van der Waals surface area contributed by atoms with E-state index in [1.165, 1.54) is 6.42 Å². The Kier molecular flexibility index (Phi) is 4.59. The monoisotopic (exact) mass is 313 g/mol. The molecule has 0 aromatic heterocycles. The summed E-state index contributed by atoms with van der Waals surface area (Å²) in [5.74, 6) is 0.455. The van der Waals surface area contributed by atoms with Crippen molar-refractivity contribution in [3.05, 3.63) is 0 Å². The number of carboxylic acid groups (broad SMARTS) is 1. The van der Waals surface area contributed by atoms with E-state index in [4.69, 9.17) is 0 Å². The van der Waals surface area contributed by atoms with Crippen LogP contribution in [0.3, 0.4) is 0 Å². The molecule has 0 spiro atoms. The van der Waals surface area contributed by atoms with Crippen molar-refractivity contribution in [1.29, 1.82) is 0 Å². The average molecular weight is 313 g/mol. The molecule has 2 atom stereocenters. The van der Waals surface area contributed by atoms with Gasteiger partial charge in [-0.05, 0) is 25.8 Å². The third-order valence-corrected chi connectivity index (χ3v) is 5.76. The maximum atomic E-state index is 12.8. The van der Waals surface area contributed by atoms with Gasteiger partial charge in [0.2, 0.25) is 0 Å². The highest BCUT2D eigenvalue weighted by Gasteiger charge is 2.37. The van der Waals surface area contributed by atoms with Gasteiger partial charge in [0, 0.05) is 43.7 Å². The van der Waals surface area contributed by atoms with Crippen molar-refractivity contribution in [1.82, 2.24) is 14.7 Å². The van der Waals surface area contributed by atoms with Crippen molar-refractivity contribution in [2.45, 2.75) is 31.3 Å². The van der Waals surface area contributed by atoms with E-state index in [0.717, 1.165) is 44.8 Å². The number of carbonyl (C=O) groups excluding carboxylic acids is 1. The molecule has 0 aromatic rings. The molecule has 6 nitrogen and oxygen atoms in total. The Morgan fingerprint density at radius 2 is 1.90 bits per heavy atom. The molecule has 3 rings (SSSR count). The molecule has 3 aliphatic rings. The summed E-state index contributed by atoms with van der Waals surface area (Å²) >= 11 is 1.62. The number of rotatable bonds is 1. The van der Waals surface area contributed by atoms with Gasteiger partial charge in [-0.2, -0.15) is 11.8 Å². The molecular weight excluding hydrogens is 290 g/mol. The van der Waals surface area contributed by atoms with Crippen LogP contribution in [0.2, 0.25) is 0 Å². The fourth-order valence-corrected chi connectivity index (χ4v) is 4.64. The number of amides is 2. The van der Waals surface area contributed by atoms with E-state index in [2.05, 4.69) is 4.90 Å². The Hall–Kier alpha value is -0.950.